The Morgan fingerprint density at radius 3 is 2.92 bits per heavy atom. The Kier molecular flexibility index (Phi) is 2.07. The molecule has 0 saturated carbocycles. The van der Waals surface area contributed by atoms with Crippen LogP contribution in [0.3, 0.4) is 0 Å². The average Bonchev–Trinajstić information content (AvgIpc) is 2.48. The highest BCUT2D eigenvalue weighted by Gasteiger charge is 2.23. The molecule has 2 rings (SSSR count). The zero-order valence-corrected chi connectivity index (χ0v) is 8.06. The van der Waals surface area contributed by atoms with Crippen molar-refractivity contribution in [1.29, 1.82) is 0 Å². The van der Waals surface area contributed by atoms with Gasteiger partial charge >= 0.3 is 0 Å². The standard InChI is InChI=1S/C9H15N3O/c1-6(2)8-10-11-9-7(13)4-3-5-12(8)9/h6-7,13H,3-5H2,1-2H3. The van der Waals surface area contributed by atoms with Gasteiger partial charge in [0.25, 0.3) is 0 Å². The van der Waals surface area contributed by atoms with Crippen LogP contribution in [0.1, 0.15) is 50.4 Å². The van der Waals surface area contributed by atoms with E-state index in [1.54, 1.807) is 0 Å². The fourth-order valence-electron chi connectivity index (χ4n) is 1.80. The number of aliphatic hydroxyl groups excluding tert-OH is 1. The molecular formula is C9H15N3O. The van der Waals surface area contributed by atoms with E-state index in [0.29, 0.717) is 5.92 Å². The molecule has 0 amide bonds. The first kappa shape index (κ1) is 8.69. The summed E-state index contributed by atoms with van der Waals surface area (Å²) >= 11 is 0. The maximum Gasteiger partial charge on any atom is 0.161 e. The molecule has 0 aromatic carbocycles. The first-order chi connectivity index (χ1) is 6.20. The molecule has 0 fully saturated rings. The van der Waals surface area contributed by atoms with Crippen LogP contribution in [0.5, 0.6) is 0 Å². The van der Waals surface area contributed by atoms with Crippen molar-refractivity contribution < 1.29 is 5.11 Å². The SMILES string of the molecule is CC(C)c1nnc2n1CCCC2O. The molecular weight excluding hydrogens is 166 g/mol. The van der Waals surface area contributed by atoms with Gasteiger partial charge in [-0.15, -0.1) is 10.2 Å². The molecule has 4 nitrogen and oxygen atoms in total. The van der Waals surface area contributed by atoms with Gasteiger partial charge in [-0.05, 0) is 12.8 Å². The minimum absolute atomic E-state index is 0.381. The first-order valence-corrected chi connectivity index (χ1v) is 4.81. The van der Waals surface area contributed by atoms with Crippen molar-refractivity contribution in [2.45, 2.75) is 45.3 Å². The van der Waals surface area contributed by atoms with Gasteiger partial charge in [-0.1, -0.05) is 13.8 Å². The topological polar surface area (TPSA) is 50.9 Å². The second-order valence-corrected chi connectivity index (χ2v) is 3.88. The Bertz CT molecular complexity index is 292. The van der Waals surface area contributed by atoms with Gasteiger partial charge in [0.15, 0.2) is 5.82 Å². The highest BCUT2D eigenvalue weighted by Crippen LogP contribution is 2.26. The van der Waals surface area contributed by atoms with Gasteiger partial charge in [-0.2, -0.15) is 0 Å². The molecule has 1 atom stereocenters. The molecule has 0 bridgehead atoms. The second-order valence-electron chi connectivity index (χ2n) is 3.88. The van der Waals surface area contributed by atoms with Crippen LogP contribution in [-0.4, -0.2) is 19.9 Å². The van der Waals surface area contributed by atoms with Gasteiger partial charge in [0.2, 0.25) is 0 Å². The number of hydrogen-bond donors (Lipinski definition) is 1. The summed E-state index contributed by atoms with van der Waals surface area (Å²) in [6.07, 6.45) is 1.43. The summed E-state index contributed by atoms with van der Waals surface area (Å²) in [7, 11) is 0. The molecule has 1 unspecified atom stereocenters. The zero-order chi connectivity index (χ0) is 9.42. The lowest BCUT2D eigenvalue weighted by molar-refractivity contribution is 0.132. The number of aromatic nitrogens is 3. The van der Waals surface area contributed by atoms with Crippen LogP contribution in [0.4, 0.5) is 0 Å². The zero-order valence-electron chi connectivity index (χ0n) is 8.06. The van der Waals surface area contributed by atoms with E-state index >= 15 is 0 Å². The van der Waals surface area contributed by atoms with E-state index in [1.165, 1.54) is 0 Å². The molecule has 0 radical (unpaired) electrons. The highest BCUT2D eigenvalue weighted by atomic mass is 16.3. The molecule has 13 heavy (non-hydrogen) atoms. The fourth-order valence-corrected chi connectivity index (χ4v) is 1.80. The minimum atomic E-state index is -0.409. The van der Waals surface area contributed by atoms with E-state index in [0.717, 1.165) is 31.0 Å². The Hall–Kier alpha value is -0.900. The van der Waals surface area contributed by atoms with Crippen LogP contribution in [0, 0.1) is 0 Å². The molecule has 4 heteroatoms. The Balaban J connectivity index is 2.41. The third-order valence-corrected chi connectivity index (χ3v) is 2.48. The molecule has 0 spiro atoms. The molecule has 1 aromatic heterocycles. The Labute approximate surface area is 77.6 Å². The third kappa shape index (κ3) is 1.35. The van der Waals surface area contributed by atoms with Crippen molar-refractivity contribution in [3.05, 3.63) is 11.6 Å². The normalized spacial score (nSPS) is 22.0. The lowest BCUT2D eigenvalue weighted by Crippen LogP contribution is -2.17. The molecule has 72 valence electrons. The van der Waals surface area contributed by atoms with Crippen LogP contribution in [0.15, 0.2) is 0 Å². The van der Waals surface area contributed by atoms with Crippen molar-refractivity contribution in [1.82, 2.24) is 14.8 Å². The highest BCUT2D eigenvalue weighted by molar-refractivity contribution is 5.04. The molecule has 2 heterocycles. The van der Waals surface area contributed by atoms with E-state index in [9.17, 15) is 5.11 Å². The van der Waals surface area contributed by atoms with Crippen molar-refractivity contribution in [3.8, 4) is 0 Å². The summed E-state index contributed by atoms with van der Waals surface area (Å²) in [6, 6.07) is 0. The lowest BCUT2D eigenvalue weighted by atomic mass is 10.1. The summed E-state index contributed by atoms with van der Waals surface area (Å²) in [5.41, 5.74) is 0. The third-order valence-electron chi connectivity index (χ3n) is 2.48. The van der Waals surface area contributed by atoms with Gasteiger partial charge in [0.05, 0.1) is 0 Å². The van der Waals surface area contributed by atoms with E-state index < -0.39 is 6.10 Å². The van der Waals surface area contributed by atoms with E-state index in [2.05, 4.69) is 28.6 Å². The van der Waals surface area contributed by atoms with Gasteiger partial charge < -0.3 is 9.67 Å². The number of fused-ring (bicyclic) bond motifs is 1. The number of aliphatic hydroxyl groups is 1. The van der Waals surface area contributed by atoms with E-state index in [4.69, 9.17) is 0 Å². The number of hydrogen-bond acceptors (Lipinski definition) is 3. The van der Waals surface area contributed by atoms with Gasteiger partial charge in [-0.25, -0.2) is 0 Å². The quantitative estimate of drug-likeness (QED) is 0.709. The monoisotopic (exact) mass is 181 g/mol. The van der Waals surface area contributed by atoms with Gasteiger partial charge in [0.1, 0.15) is 11.9 Å². The molecule has 0 aliphatic carbocycles. The number of rotatable bonds is 1. The molecule has 0 saturated heterocycles. The van der Waals surface area contributed by atoms with Crippen molar-refractivity contribution in [2.24, 2.45) is 0 Å². The van der Waals surface area contributed by atoms with Crippen LogP contribution in [0.2, 0.25) is 0 Å². The van der Waals surface area contributed by atoms with E-state index in [1.807, 2.05) is 0 Å². The van der Waals surface area contributed by atoms with Crippen molar-refractivity contribution in [3.63, 3.8) is 0 Å². The lowest BCUT2D eigenvalue weighted by Gasteiger charge is -2.20. The first-order valence-electron chi connectivity index (χ1n) is 4.81. The van der Waals surface area contributed by atoms with Crippen LogP contribution < -0.4 is 0 Å². The van der Waals surface area contributed by atoms with Crippen LogP contribution >= 0.6 is 0 Å². The molecule has 1 aromatic rings. The Morgan fingerprint density at radius 1 is 1.46 bits per heavy atom. The minimum Gasteiger partial charge on any atom is -0.385 e. The predicted molar refractivity (Wildman–Crippen MR) is 48.3 cm³/mol. The Morgan fingerprint density at radius 2 is 2.23 bits per heavy atom. The summed E-state index contributed by atoms with van der Waals surface area (Å²) < 4.78 is 2.05. The second kappa shape index (κ2) is 3.10. The predicted octanol–water partition coefficient (Wildman–Crippen LogP) is 1.23. The molecule has 1 N–H and O–H groups in total. The van der Waals surface area contributed by atoms with Crippen molar-refractivity contribution >= 4 is 0 Å². The largest absolute Gasteiger partial charge is 0.385 e. The van der Waals surface area contributed by atoms with E-state index in [-0.39, 0.29) is 0 Å². The van der Waals surface area contributed by atoms with Gasteiger partial charge in [0, 0.05) is 12.5 Å². The average molecular weight is 181 g/mol. The maximum atomic E-state index is 9.63. The van der Waals surface area contributed by atoms with Crippen LogP contribution in [0.25, 0.3) is 0 Å². The summed E-state index contributed by atoms with van der Waals surface area (Å²) in [5, 5.41) is 17.8. The fraction of sp³-hybridized carbons (Fsp3) is 0.778. The molecule has 1 aliphatic heterocycles. The van der Waals surface area contributed by atoms with Gasteiger partial charge in [-0.3, -0.25) is 0 Å². The summed E-state index contributed by atoms with van der Waals surface area (Å²) in [4.78, 5) is 0. The van der Waals surface area contributed by atoms with Crippen LogP contribution in [-0.2, 0) is 6.54 Å². The summed E-state index contributed by atoms with van der Waals surface area (Å²) in [6.45, 7) is 5.14. The summed E-state index contributed by atoms with van der Waals surface area (Å²) in [5.74, 6) is 2.12. The molecule has 1 aliphatic rings. The maximum absolute atomic E-state index is 9.63. The van der Waals surface area contributed by atoms with Crippen molar-refractivity contribution in [2.75, 3.05) is 0 Å². The smallest absolute Gasteiger partial charge is 0.161 e. The number of nitrogens with zero attached hydrogens (tertiary/aromatic N) is 3.